The zero-order valence-electron chi connectivity index (χ0n) is 12.1. The quantitative estimate of drug-likeness (QED) is 0.835. The standard InChI is InChI=1S/C13H22N6/c1-5-14-13-17-11-10(15-8-16-11)12(18-13)19(4)7-6-9(2)3/h8-9H,5-7H2,1-4H3,(H2,14,15,16,17,18). The number of aromatic nitrogens is 4. The molecule has 0 atom stereocenters. The number of H-pyrrole nitrogens is 1. The second kappa shape index (κ2) is 5.86. The van der Waals surface area contributed by atoms with Crippen LogP contribution in [0, 0.1) is 5.92 Å². The van der Waals surface area contributed by atoms with Gasteiger partial charge in [0, 0.05) is 20.1 Å². The maximum Gasteiger partial charge on any atom is 0.226 e. The predicted molar refractivity (Wildman–Crippen MR) is 78.6 cm³/mol. The van der Waals surface area contributed by atoms with Crippen molar-refractivity contribution < 1.29 is 0 Å². The van der Waals surface area contributed by atoms with E-state index in [4.69, 9.17) is 0 Å². The lowest BCUT2D eigenvalue weighted by Crippen LogP contribution is -2.22. The molecule has 2 aromatic rings. The fourth-order valence-corrected chi connectivity index (χ4v) is 1.89. The maximum atomic E-state index is 4.57. The van der Waals surface area contributed by atoms with Gasteiger partial charge in [0.2, 0.25) is 5.95 Å². The van der Waals surface area contributed by atoms with Gasteiger partial charge < -0.3 is 15.2 Å². The Bertz CT molecular complexity index is 533. The van der Waals surface area contributed by atoms with E-state index in [1.54, 1.807) is 6.33 Å². The number of nitrogens with zero attached hydrogens (tertiary/aromatic N) is 4. The van der Waals surface area contributed by atoms with Crippen molar-refractivity contribution in [1.29, 1.82) is 0 Å². The highest BCUT2D eigenvalue weighted by Crippen LogP contribution is 2.22. The lowest BCUT2D eigenvalue weighted by Gasteiger charge is -2.20. The van der Waals surface area contributed by atoms with Crippen LogP contribution in [0.15, 0.2) is 6.33 Å². The van der Waals surface area contributed by atoms with Gasteiger partial charge in [0.05, 0.1) is 6.33 Å². The molecule has 2 heterocycles. The first-order chi connectivity index (χ1) is 9.11. The average molecular weight is 262 g/mol. The minimum atomic E-state index is 0.633. The molecule has 0 unspecified atom stereocenters. The third-order valence-corrected chi connectivity index (χ3v) is 3.00. The Morgan fingerprint density at radius 1 is 1.37 bits per heavy atom. The van der Waals surface area contributed by atoms with Crippen molar-refractivity contribution in [3.63, 3.8) is 0 Å². The van der Waals surface area contributed by atoms with E-state index in [0.717, 1.165) is 30.8 Å². The lowest BCUT2D eigenvalue weighted by molar-refractivity contribution is 0.584. The summed E-state index contributed by atoms with van der Waals surface area (Å²) in [5, 5.41) is 3.15. The van der Waals surface area contributed by atoms with Gasteiger partial charge in [-0.1, -0.05) is 13.8 Å². The molecule has 6 heteroatoms. The van der Waals surface area contributed by atoms with Crippen molar-refractivity contribution >= 4 is 22.9 Å². The van der Waals surface area contributed by atoms with Crippen molar-refractivity contribution in [2.45, 2.75) is 27.2 Å². The van der Waals surface area contributed by atoms with Gasteiger partial charge >= 0.3 is 0 Å². The molecule has 2 rings (SSSR count). The summed E-state index contributed by atoms with van der Waals surface area (Å²) in [6, 6.07) is 0. The Balaban J connectivity index is 2.31. The van der Waals surface area contributed by atoms with Crippen molar-refractivity contribution in [2.75, 3.05) is 30.4 Å². The van der Waals surface area contributed by atoms with Crippen LogP contribution in [0.5, 0.6) is 0 Å². The monoisotopic (exact) mass is 262 g/mol. The van der Waals surface area contributed by atoms with E-state index in [1.165, 1.54) is 0 Å². The molecule has 0 spiro atoms. The van der Waals surface area contributed by atoms with Crippen molar-refractivity contribution in [3.8, 4) is 0 Å². The predicted octanol–water partition coefficient (Wildman–Crippen LogP) is 2.27. The summed E-state index contributed by atoms with van der Waals surface area (Å²) in [5.41, 5.74) is 1.60. The topological polar surface area (TPSA) is 69.7 Å². The summed E-state index contributed by atoms with van der Waals surface area (Å²) < 4.78 is 0. The minimum absolute atomic E-state index is 0.633. The molecule has 0 aliphatic carbocycles. The summed E-state index contributed by atoms with van der Waals surface area (Å²) in [6.07, 6.45) is 2.79. The number of aromatic amines is 1. The zero-order valence-corrected chi connectivity index (χ0v) is 12.1. The summed E-state index contributed by atoms with van der Waals surface area (Å²) in [4.78, 5) is 18.4. The van der Waals surface area contributed by atoms with Gasteiger partial charge in [-0.15, -0.1) is 0 Å². The second-order valence-corrected chi connectivity index (χ2v) is 5.11. The average Bonchev–Trinajstić information content (AvgIpc) is 2.83. The van der Waals surface area contributed by atoms with Gasteiger partial charge in [-0.25, -0.2) is 4.98 Å². The number of anilines is 2. The van der Waals surface area contributed by atoms with Crippen molar-refractivity contribution in [3.05, 3.63) is 6.33 Å². The molecule has 0 aliphatic heterocycles. The molecule has 2 aromatic heterocycles. The van der Waals surface area contributed by atoms with E-state index < -0.39 is 0 Å². The Labute approximate surface area is 113 Å². The van der Waals surface area contributed by atoms with Crippen LogP contribution in [-0.4, -0.2) is 40.1 Å². The van der Waals surface area contributed by atoms with E-state index in [1.807, 2.05) is 6.92 Å². The van der Waals surface area contributed by atoms with Gasteiger partial charge in [-0.2, -0.15) is 9.97 Å². The highest BCUT2D eigenvalue weighted by Gasteiger charge is 2.13. The molecule has 0 aromatic carbocycles. The number of hydrogen-bond acceptors (Lipinski definition) is 5. The molecule has 2 N–H and O–H groups in total. The highest BCUT2D eigenvalue weighted by molar-refractivity contribution is 5.84. The smallest absolute Gasteiger partial charge is 0.226 e. The van der Waals surface area contributed by atoms with Gasteiger partial charge in [0.25, 0.3) is 0 Å². The molecule has 0 radical (unpaired) electrons. The first-order valence-electron chi connectivity index (χ1n) is 6.78. The molecule has 0 fully saturated rings. The van der Waals surface area contributed by atoms with Crippen molar-refractivity contribution in [2.24, 2.45) is 5.92 Å². The van der Waals surface area contributed by atoms with Crippen LogP contribution >= 0.6 is 0 Å². The van der Waals surface area contributed by atoms with Gasteiger partial charge in [0.1, 0.15) is 5.52 Å². The third kappa shape index (κ3) is 3.13. The van der Waals surface area contributed by atoms with Crippen LogP contribution in [0.2, 0.25) is 0 Å². The van der Waals surface area contributed by atoms with Crippen LogP contribution in [0.4, 0.5) is 11.8 Å². The number of hydrogen-bond donors (Lipinski definition) is 2. The van der Waals surface area contributed by atoms with E-state index in [0.29, 0.717) is 17.5 Å². The van der Waals surface area contributed by atoms with Gasteiger partial charge in [-0.05, 0) is 19.3 Å². The lowest BCUT2D eigenvalue weighted by atomic mass is 10.1. The molecular weight excluding hydrogens is 240 g/mol. The van der Waals surface area contributed by atoms with E-state index in [9.17, 15) is 0 Å². The molecule has 19 heavy (non-hydrogen) atoms. The largest absolute Gasteiger partial charge is 0.358 e. The Morgan fingerprint density at radius 2 is 2.16 bits per heavy atom. The molecule has 0 amide bonds. The van der Waals surface area contributed by atoms with Crippen LogP contribution in [0.3, 0.4) is 0 Å². The Hall–Kier alpha value is -1.85. The van der Waals surface area contributed by atoms with E-state index in [2.05, 4.69) is 51.0 Å². The van der Waals surface area contributed by atoms with Gasteiger partial charge in [-0.3, -0.25) is 0 Å². The SMILES string of the molecule is CCNc1nc(N(C)CCC(C)C)c2[nH]cnc2n1. The molecule has 104 valence electrons. The van der Waals surface area contributed by atoms with Crippen LogP contribution in [0.1, 0.15) is 27.2 Å². The number of imidazole rings is 1. The Morgan fingerprint density at radius 3 is 2.84 bits per heavy atom. The summed E-state index contributed by atoms with van der Waals surface area (Å²) in [5.74, 6) is 2.21. The Kier molecular flexibility index (Phi) is 4.19. The zero-order chi connectivity index (χ0) is 13.8. The molecule has 6 nitrogen and oxygen atoms in total. The first-order valence-corrected chi connectivity index (χ1v) is 6.78. The normalized spacial score (nSPS) is 11.2. The third-order valence-electron chi connectivity index (χ3n) is 3.00. The number of rotatable bonds is 6. The van der Waals surface area contributed by atoms with Crippen LogP contribution in [-0.2, 0) is 0 Å². The highest BCUT2D eigenvalue weighted by atomic mass is 15.2. The van der Waals surface area contributed by atoms with Crippen LogP contribution < -0.4 is 10.2 Å². The van der Waals surface area contributed by atoms with Crippen molar-refractivity contribution in [1.82, 2.24) is 19.9 Å². The minimum Gasteiger partial charge on any atom is -0.358 e. The fraction of sp³-hybridized carbons (Fsp3) is 0.615. The van der Waals surface area contributed by atoms with Crippen LogP contribution in [0.25, 0.3) is 11.2 Å². The molecule has 0 saturated carbocycles. The second-order valence-electron chi connectivity index (χ2n) is 5.11. The fourth-order valence-electron chi connectivity index (χ4n) is 1.89. The summed E-state index contributed by atoms with van der Waals surface area (Å²) >= 11 is 0. The summed E-state index contributed by atoms with van der Waals surface area (Å²) in [7, 11) is 2.06. The molecule has 0 aliphatic rings. The molecule has 0 saturated heterocycles. The summed E-state index contributed by atoms with van der Waals surface area (Å²) in [6.45, 7) is 8.24. The van der Waals surface area contributed by atoms with Gasteiger partial charge in [0.15, 0.2) is 11.5 Å². The molecular formula is C13H22N6. The number of fused-ring (bicyclic) bond motifs is 1. The maximum absolute atomic E-state index is 4.57. The number of nitrogens with one attached hydrogen (secondary N) is 2. The molecule has 0 bridgehead atoms. The van der Waals surface area contributed by atoms with E-state index >= 15 is 0 Å². The van der Waals surface area contributed by atoms with E-state index in [-0.39, 0.29) is 0 Å². The first kappa shape index (κ1) is 13.6.